The van der Waals surface area contributed by atoms with Gasteiger partial charge in [-0.05, 0) is 25.8 Å². The largest absolute Gasteiger partial charge is 0.506 e. The van der Waals surface area contributed by atoms with E-state index in [1.807, 2.05) is 19.2 Å². The van der Waals surface area contributed by atoms with Gasteiger partial charge in [0.05, 0.1) is 12.8 Å². The molecule has 0 bridgehead atoms. The van der Waals surface area contributed by atoms with Crippen LogP contribution in [-0.4, -0.2) is 21.7 Å². The minimum absolute atomic E-state index is 0.0567. The number of nitrogens with zero attached hydrogens (tertiary/aromatic N) is 2. The Morgan fingerprint density at radius 2 is 2.05 bits per heavy atom. The summed E-state index contributed by atoms with van der Waals surface area (Å²) in [6.07, 6.45) is 5.68. The third kappa shape index (κ3) is 3.42. The van der Waals surface area contributed by atoms with Crippen molar-refractivity contribution in [1.29, 1.82) is 0 Å². The summed E-state index contributed by atoms with van der Waals surface area (Å²) in [6.45, 7) is 2.73. The molecule has 0 saturated heterocycles. The molecule has 1 aliphatic carbocycles. The van der Waals surface area contributed by atoms with Gasteiger partial charge in [-0.1, -0.05) is 6.07 Å². The van der Waals surface area contributed by atoms with E-state index >= 15 is 0 Å². The first-order valence-corrected chi connectivity index (χ1v) is 7.15. The van der Waals surface area contributed by atoms with Crippen LogP contribution >= 0.6 is 0 Å². The van der Waals surface area contributed by atoms with Gasteiger partial charge in [0.1, 0.15) is 12.4 Å². The van der Waals surface area contributed by atoms with Gasteiger partial charge in [0, 0.05) is 29.4 Å². The lowest BCUT2D eigenvalue weighted by Crippen LogP contribution is -2.02. The van der Waals surface area contributed by atoms with Gasteiger partial charge in [0.15, 0.2) is 5.75 Å². The molecule has 21 heavy (non-hydrogen) atoms. The molecule has 2 heterocycles. The molecule has 0 radical (unpaired) electrons. The first-order chi connectivity index (χ1) is 10.3. The van der Waals surface area contributed by atoms with E-state index in [4.69, 9.17) is 9.47 Å². The van der Waals surface area contributed by atoms with Gasteiger partial charge in [-0.15, -0.1) is 0 Å². The van der Waals surface area contributed by atoms with Gasteiger partial charge >= 0.3 is 0 Å². The zero-order valence-electron chi connectivity index (χ0n) is 12.0. The number of aromatic nitrogens is 2. The quantitative estimate of drug-likeness (QED) is 0.884. The molecule has 1 aliphatic rings. The highest BCUT2D eigenvalue weighted by atomic mass is 16.5. The molecule has 5 nitrogen and oxygen atoms in total. The van der Waals surface area contributed by atoms with Crippen LogP contribution in [0.5, 0.6) is 17.4 Å². The topological polar surface area (TPSA) is 64.5 Å². The van der Waals surface area contributed by atoms with Crippen LogP contribution in [0.25, 0.3) is 0 Å². The molecule has 0 spiro atoms. The second-order valence-electron chi connectivity index (χ2n) is 5.08. The molecular formula is C16H18N2O3. The zero-order chi connectivity index (χ0) is 14.7. The predicted molar refractivity (Wildman–Crippen MR) is 77.6 cm³/mol. The number of rotatable bonds is 6. The fourth-order valence-corrected chi connectivity index (χ4v) is 2.08. The maximum atomic E-state index is 9.43. The Morgan fingerprint density at radius 1 is 1.19 bits per heavy atom. The minimum Gasteiger partial charge on any atom is -0.506 e. The first kappa shape index (κ1) is 13.7. The van der Waals surface area contributed by atoms with E-state index < -0.39 is 0 Å². The van der Waals surface area contributed by atoms with Gasteiger partial charge in [0.25, 0.3) is 5.88 Å². The maximum absolute atomic E-state index is 9.43. The van der Waals surface area contributed by atoms with Crippen molar-refractivity contribution in [2.75, 3.05) is 6.61 Å². The summed E-state index contributed by atoms with van der Waals surface area (Å²) in [4.78, 5) is 8.50. The molecular weight excluding hydrogens is 268 g/mol. The van der Waals surface area contributed by atoms with E-state index in [0.717, 1.165) is 11.3 Å². The van der Waals surface area contributed by atoms with Crippen LogP contribution in [0.15, 0.2) is 30.6 Å². The Morgan fingerprint density at radius 3 is 2.71 bits per heavy atom. The Labute approximate surface area is 123 Å². The molecule has 0 amide bonds. The molecule has 1 fully saturated rings. The van der Waals surface area contributed by atoms with Crippen LogP contribution in [0.1, 0.15) is 36.9 Å². The SMILES string of the molecule is CCOc1cc(O)cnc1OCc1ccc(C2CC2)nc1. The Balaban J connectivity index is 1.66. The average molecular weight is 286 g/mol. The molecule has 0 atom stereocenters. The normalized spacial score (nSPS) is 14.0. The molecule has 5 heteroatoms. The van der Waals surface area contributed by atoms with Gasteiger partial charge < -0.3 is 14.6 Å². The maximum Gasteiger partial charge on any atom is 0.257 e. The van der Waals surface area contributed by atoms with Crippen LogP contribution in [0.2, 0.25) is 0 Å². The number of aromatic hydroxyl groups is 1. The average Bonchev–Trinajstić information content (AvgIpc) is 3.32. The van der Waals surface area contributed by atoms with Crippen molar-refractivity contribution in [3.63, 3.8) is 0 Å². The number of pyridine rings is 2. The van der Waals surface area contributed by atoms with Crippen LogP contribution in [-0.2, 0) is 6.61 Å². The molecule has 2 aromatic rings. The van der Waals surface area contributed by atoms with Crippen LogP contribution in [0.4, 0.5) is 0 Å². The smallest absolute Gasteiger partial charge is 0.257 e. The van der Waals surface area contributed by atoms with Crippen LogP contribution in [0.3, 0.4) is 0 Å². The van der Waals surface area contributed by atoms with E-state index in [0.29, 0.717) is 30.8 Å². The van der Waals surface area contributed by atoms with Crippen molar-refractivity contribution in [2.24, 2.45) is 0 Å². The molecule has 3 rings (SSSR count). The van der Waals surface area contributed by atoms with Gasteiger partial charge in [-0.25, -0.2) is 4.98 Å². The minimum atomic E-state index is 0.0567. The third-order valence-electron chi connectivity index (χ3n) is 3.32. The second-order valence-corrected chi connectivity index (χ2v) is 5.08. The highest BCUT2D eigenvalue weighted by molar-refractivity contribution is 5.38. The zero-order valence-corrected chi connectivity index (χ0v) is 12.0. The molecule has 0 unspecified atom stereocenters. The highest BCUT2D eigenvalue weighted by Crippen LogP contribution is 2.38. The monoisotopic (exact) mass is 286 g/mol. The molecule has 1 saturated carbocycles. The van der Waals surface area contributed by atoms with E-state index in [1.165, 1.54) is 25.1 Å². The van der Waals surface area contributed by atoms with Gasteiger partial charge in [-0.2, -0.15) is 0 Å². The number of hydrogen-bond acceptors (Lipinski definition) is 5. The van der Waals surface area contributed by atoms with E-state index in [2.05, 4.69) is 16.0 Å². The van der Waals surface area contributed by atoms with Gasteiger partial charge in [0.2, 0.25) is 0 Å². The lowest BCUT2D eigenvalue weighted by atomic mass is 10.2. The van der Waals surface area contributed by atoms with Crippen molar-refractivity contribution < 1.29 is 14.6 Å². The standard InChI is InChI=1S/C16H18N2O3/c1-2-20-15-7-13(19)9-18-16(15)21-10-11-3-6-14(17-8-11)12-4-5-12/h3,6-9,12,19H,2,4-5,10H2,1H3. The number of hydrogen-bond donors (Lipinski definition) is 1. The van der Waals surface area contributed by atoms with Crippen molar-refractivity contribution in [2.45, 2.75) is 32.3 Å². The summed E-state index contributed by atoms with van der Waals surface area (Å²) < 4.78 is 11.1. The Bertz CT molecular complexity index is 609. The van der Waals surface area contributed by atoms with E-state index in [1.54, 1.807) is 0 Å². The Hall–Kier alpha value is -2.30. The fraction of sp³-hybridized carbons (Fsp3) is 0.375. The van der Waals surface area contributed by atoms with Crippen molar-refractivity contribution >= 4 is 0 Å². The van der Waals surface area contributed by atoms with Gasteiger partial charge in [-0.3, -0.25) is 4.98 Å². The third-order valence-corrected chi connectivity index (χ3v) is 3.32. The Kier molecular flexibility index (Phi) is 3.90. The molecule has 0 aromatic carbocycles. The summed E-state index contributed by atoms with van der Waals surface area (Å²) in [7, 11) is 0. The van der Waals surface area contributed by atoms with Crippen molar-refractivity contribution in [3.05, 3.63) is 41.9 Å². The van der Waals surface area contributed by atoms with Crippen LogP contribution < -0.4 is 9.47 Å². The predicted octanol–water partition coefficient (Wildman–Crippen LogP) is 3.04. The summed E-state index contributed by atoms with van der Waals surface area (Å²) in [5.74, 6) is 1.53. The van der Waals surface area contributed by atoms with E-state index in [9.17, 15) is 5.11 Å². The molecule has 0 aliphatic heterocycles. The number of ether oxygens (including phenoxy) is 2. The summed E-state index contributed by atoms with van der Waals surface area (Å²) in [6, 6.07) is 5.59. The van der Waals surface area contributed by atoms with E-state index in [-0.39, 0.29) is 5.75 Å². The summed E-state index contributed by atoms with van der Waals surface area (Å²) in [5.41, 5.74) is 2.15. The second kappa shape index (κ2) is 5.99. The summed E-state index contributed by atoms with van der Waals surface area (Å²) in [5, 5.41) is 9.43. The molecule has 2 aromatic heterocycles. The molecule has 1 N–H and O–H groups in total. The van der Waals surface area contributed by atoms with Crippen molar-refractivity contribution in [3.8, 4) is 17.4 Å². The van der Waals surface area contributed by atoms with Crippen LogP contribution in [0, 0.1) is 0 Å². The lowest BCUT2D eigenvalue weighted by molar-refractivity contribution is 0.257. The highest BCUT2D eigenvalue weighted by Gasteiger charge is 2.24. The first-order valence-electron chi connectivity index (χ1n) is 7.15. The summed E-state index contributed by atoms with van der Waals surface area (Å²) >= 11 is 0. The van der Waals surface area contributed by atoms with Crippen molar-refractivity contribution in [1.82, 2.24) is 9.97 Å². The lowest BCUT2D eigenvalue weighted by Gasteiger charge is -2.11. The fourth-order valence-electron chi connectivity index (χ4n) is 2.08. The molecule has 110 valence electrons.